The van der Waals surface area contributed by atoms with Crippen molar-refractivity contribution in [3.63, 3.8) is 0 Å². The molecule has 4 rings (SSSR count). The van der Waals surface area contributed by atoms with Crippen LogP contribution in [0.2, 0.25) is 0 Å². The number of nitrogens with zero attached hydrogens (tertiary/aromatic N) is 5. The molecule has 0 saturated carbocycles. The van der Waals surface area contributed by atoms with Crippen LogP contribution in [0.4, 0.5) is 5.69 Å². The number of ether oxygens (including phenoxy) is 1. The van der Waals surface area contributed by atoms with Gasteiger partial charge in [-0.2, -0.15) is 0 Å². The minimum absolute atomic E-state index is 0.122. The number of para-hydroxylation sites is 3. The summed E-state index contributed by atoms with van der Waals surface area (Å²) in [4.78, 5) is 21.7. The van der Waals surface area contributed by atoms with E-state index in [-0.39, 0.29) is 11.7 Å². The Morgan fingerprint density at radius 3 is 2.29 bits per heavy atom. The van der Waals surface area contributed by atoms with E-state index >= 15 is 0 Å². The van der Waals surface area contributed by atoms with E-state index in [4.69, 9.17) is 4.74 Å². The van der Waals surface area contributed by atoms with Crippen LogP contribution in [0.25, 0.3) is 5.69 Å². The van der Waals surface area contributed by atoms with Gasteiger partial charge in [0.15, 0.2) is 0 Å². The molecule has 31 heavy (non-hydrogen) atoms. The van der Waals surface area contributed by atoms with Crippen LogP contribution in [0, 0.1) is 6.92 Å². The third-order valence-corrected chi connectivity index (χ3v) is 5.74. The number of aromatic nitrogens is 3. The molecule has 1 aromatic heterocycles. The van der Waals surface area contributed by atoms with E-state index in [1.54, 1.807) is 11.8 Å². The summed E-state index contributed by atoms with van der Waals surface area (Å²) < 4.78 is 7.27. The highest BCUT2D eigenvalue weighted by Gasteiger charge is 2.27. The van der Waals surface area contributed by atoms with Crippen LogP contribution >= 0.6 is 0 Å². The molecular formula is C24H29N5O2. The zero-order valence-corrected chi connectivity index (χ0v) is 18.6. The molecule has 1 amide bonds. The van der Waals surface area contributed by atoms with Crippen LogP contribution in [0.1, 0.15) is 41.8 Å². The molecule has 3 aromatic rings. The van der Waals surface area contributed by atoms with Crippen LogP contribution in [0.15, 0.2) is 48.5 Å². The Morgan fingerprint density at radius 1 is 0.968 bits per heavy atom. The molecule has 1 saturated heterocycles. The number of rotatable bonds is 5. The predicted octanol–water partition coefficient (Wildman–Crippen LogP) is 3.67. The summed E-state index contributed by atoms with van der Waals surface area (Å²) in [7, 11) is 1.68. The Bertz CT molecular complexity index is 1070. The number of amides is 1. The predicted molar refractivity (Wildman–Crippen MR) is 121 cm³/mol. The van der Waals surface area contributed by atoms with Gasteiger partial charge in [-0.1, -0.05) is 44.2 Å². The van der Waals surface area contributed by atoms with Crippen molar-refractivity contribution in [2.75, 3.05) is 38.2 Å². The molecule has 162 valence electrons. The molecule has 1 aliphatic heterocycles. The van der Waals surface area contributed by atoms with E-state index in [0.29, 0.717) is 24.8 Å². The largest absolute Gasteiger partial charge is 0.495 e. The lowest BCUT2D eigenvalue weighted by atomic mass is 10.0. The fourth-order valence-corrected chi connectivity index (χ4v) is 4.06. The lowest BCUT2D eigenvalue weighted by Gasteiger charge is -2.36. The number of carbonyl (C=O) groups is 1. The van der Waals surface area contributed by atoms with E-state index in [9.17, 15) is 4.79 Å². The standard InChI is InChI=1S/C24H29N5O2/c1-17(2)19-9-5-6-10-20(19)29-18(3)25-23(26-29)24(30)28-15-13-27(14-16-28)21-11-7-8-12-22(21)31-4/h5-12,17H,13-16H2,1-4H3. The summed E-state index contributed by atoms with van der Waals surface area (Å²) in [6.45, 7) is 8.90. The Morgan fingerprint density at radius 2 is 1.61 bits per heavy atom. The van der Waals surface area contributed by atoms with Crippen LogP contribution < -0.4 is 9.64 Å². The Labute approximate surface area is 183 Å². The number of piperazine rings is 1. The first kappa shape index (κ1) is 20.9. The molecule has 1 aliphatic rings. The highest BCUT2D eigenvalue weighted by molar-refractivity contribution is 5.90. The maximum absolute atomic E-state index is 13.1. The van der Waals surface area contributed by atoms with Crippen LogP contribution in [0.3, 0.4) is 0 Å². The van der Waals surface area contributed by atoms with Gasteiger partial charge in [-0.3, -0.25) is 4.79 Å². The first-order valence-corrected chi connectivity index (χ1v) is 10.7. The number of hydrogen-bond acceptors (Lipinski definition) is 5. The molecule has 2 heterocycles. The van der Waals surface area contributed by atoms with Crippen LogP contribution in [-0.2, 0) is 0 Å². The second-order valence-electron chi connectivity index (χ2n) is 8.06. The van der Waals surface area contributed by atoms with Gasteiger partial charge < -0.3 is 14.5 Å². The minimum Gasteiger partial charge on any atom is -0.495 e. The average molecular weight is 420 g/mol. The first-order chi connectivity index (χ1) is 15.0. The van der Waals surface area contributed by atoms with Gasteiger partial charge in [-0.15, -0.1) is 5.10 Å². The van der Waals surface area contributed by atoms with E-state index in [2.05, 4.69) is 41.0 Å². The molecule has 0 spiro atoms. The smallest absolute Gasteiger partial charge is 0.293 e. The Balaban J connectivity index is 1.50. The van der Waals surface area contributed by atoms with Crippen molar-refractivity contribution in [2.45, 2.75) is 26.7 Å². The number of carbonyl (C=O) groups excluding carboxylic acids is 1. The highest BCUT2D eigenvalue weighted by Crippen LogP contribution is 2.28. The SMILES string of the molecule is COc1ccccc1N1CCN(C(=O)c2nc(C)n(-c3ccccc3C(C)C)n2)CC1. The molecule has 0 unspecified atom stereocenters. The van der Waals surface area contributed by atoms with Gasteiger partial charge in [0.1, 0.15) is 11.6 Å². The number of aryl methyl sites for hydroxylation is 1. The maximum atomic E-state index is 13.1. The van der Waals surface area contributed by atoms with E-state index in [1.165, 1.54) is 5.56 Å². The van der Waals surface area contributed by atoms with Gasteiger partial charge >= 0.3 is 0 Å². The molecule has 0 aliphatic carbocycles. The summed E-state index contributed by atoms with van der Waals surface area (Å²) in [5.74, 6) is 2.04. The zero-order valence-electron chi connectivity index (χ0n) is 18.6. The lowest BCUT2D eigenvalue weighted by molar-refractivity contribution is 0.0734. The van der Waals surface area contributed by atoms with Crippen molar-refractivity contribution in [2.24, 2.45) is 0 Å². The average Bonchev–Trinajstić information content (AvgIpc) is 3.20. The third-order valence-electron chi connectivity index (χ3n) is 5.74. The summed E-state index contributed by atoms with van der Waals surface area (Å²) in [6, 6.07) is 16.1. The van der Waals surface area contributed by atoms with Gasteiger partial charge in [0.05, 0.1) is 18.5 Å². The summed E-state index contributed by atoms with van der Waals surface area (Å²) in [5.41, 5.74) is 3.21. The van der Waals surface area contributed by atoms with Crippen molar-refractivity contribution in [3.8, 4) is 11.4 Å². The van der Waals surface area contributed by atoms with Crippen molar-refractivity contribution in [1.29, 1.82) is 0 Å². The minimum atomic E-state index is -0.122. The molecule has 1 fully saturated rings. The van der Waals surface area contributed by atoms with Crippen molar-refractivity contribution in [1.82, 2.24) is 19.7 Å². The molecule has 2 aromatic carbocycles. The quantitative estimate of drug-likeness (QED) is 0.631. The van der Waals surface area contributed by atoms with Gasteiger partial charge in [0.2, 0.25) is 5.82 Å². The highest BCUT2D eigenvalue weighted by atomic mass is 16.5. The number of anilines is 1. The van der Waals surface area contributed by atoms with Crippen molar-refractivity contribution >= 4 is 11.6 Å². The topological polar surface area (TPSA) is 63.5 Å². The molecule has 7 nitrogen and oxygen atoms in total. The van der Waals surface area contributed by atoms with Crippen molar-refractivity contribution < 1.29 is 9.53 Å². The Hall–Kier alpha value is -3.35. The fourth-order valence-electron chi connectivity index (χ4n) is 4.06. The Kier molecular flexibility index (Phi) is 5.93. The molecule has 0 N–H and O–H groups in total. The molecule has 0 radical (unpaired) electrons. The van der Waals surface area contributed by atoms with Gasteiger partial charge in [-0.05, 0) is 36.6 Å². The summed E-state index contributed by atoms with van der Waals surface area (Å²) in [5, 5.41) is 4.58. The number of benzene rings is 2. The maximum Gasteiger partial charge on any atom is 0.293 e. The zero-order chi connectivity index (χ0) is 22.0. The normalized spacial score (nSPS) is 14.2. The van der Waals surface area contributed by atoms with Crippen LogP contribution in [-0.4, -0.2) is 58.9 Å². The van der Waals surface area contributed by atoms with Gasteiger partial charge in [0, 0.05) is 26.2 Å². The van der Waals surface area contributed by atoms with E-state index in [0.717, 1.165) is 30.2 Å². The molecule has 7 heteroatoms. The second-order valence-corrected chi connectivity index (χ2v) is 8.06. The molecule has 0 bridgehead atoms. The van der Waals surface area contributed by atoms with E-state index in [1.807, 2.05) is 48.2 Å². The summed E-state index contributed by atoms with van der Waals surface area (Å²) in [6.07, 6.45) is 0. The lowest BCUT2D eigenvalue weighted by Crippen LogP contribution is -2.49. The van der Waals surface area contributed by atoms with E-state index < -0.39 is 0 Å². The van der Waals surface area contributed by atoms with Crippen molar-refractivity contribution in [3.05, 3.63) is 65.7 Å². The molecule has 0 atom stereocenters. The third kappa shape index (κ3) is 4.13. The number of methoxy groups -OCH3 is 1. The van der Waals surface area contributed by atoms with Gasteiger partial charge in [0.25, 0.3) is 5.91 Å². The summed E-state index contributed by atoms with van der Waals surface area (Å²) >= 11 is 0. The second kappa shape index (κ2) is 8.79. The fraction of sp³-hybridized carbons (Fsp3) is 0.375. The first-order valence-electron chi connectivity index (χ1n) is 10.7. The number of hydrogen-bond donors (Lipinski definition) is 0. The monoisotopic (exact) mass is 419 g/mol. The van der Waals surface area contributed by atoms with Gasteiger partial charge in [-0.25, -0.2) is 9.67 Å². The molecular weight excluding hydrogens is 390 g/mol. The van der Waals surface area contributed by atoms with Crippen LogP contribution in [0.5, 0.6) is 5.75 Å².